The second kappa shape index (κ2) is 5.40. The minimum Gasteiger partial charge on any atom is -0.306 e. The summed E-state index contributed by atoms with van der Waals surface area (Å²) in [5.41, 5.74) is -0.855. The van der Waals surface area contributed by atoms with Gasteiger partial charge in [-0.1, -0.05) is 0 Å². The first kappa shape index (κ1) is 13.5. The van der Waals surface area contributed by atoms with Crippen LogP contribution >= 0.6 is 15.9 Å². The molecule has 0 radical (unpaired) electrons. The number of rotatable bonds is 2. The van der Waals surface area contributed by atoms with E-state index in [1.54, 1.807) is 6.07 Å². The van der Waals surface area contributed by atoms with Crippen molar-refractivity contribution in [2.75, 3.05) is 5.32 Å². The van der Waals surface area contributed by atoms with Gasteiger partial charge in [0.25, 0.3) is 5.91 Å². The van der Waals surface area contributed by atoms with Crippen molar-refractivity contribution in [2.24, 2.45) is 0 Å². The molecule has 0 saturated heterocycles. The first-order valence-corrected chi connectivity index (χ1v) is 5.84. The lowest BCUT2D eigenvalue weighted by Crippen LogP contribution is -2.16. The lowest BCUT2D eigenvalue weighted by Gasteiger charge is -2.06. The average molecular weight is 331 g/mol. The fourth-order valence-corrected chi connectivity index (χ4v) is 1.62. The molecule has 0 saturated carbocycles. The second-order valence-corrected chi connectivity index (χ2v) is 4.48. The lowest BCUT2D eigenvalue weighted by molar-refractivity contribution is 0.101. The summed E-state index contributed by atoms with van der Waals surface area (Å²) in [4.78, 5) is 15.5. The molecular formula is C12H6BrF3N2O. The van der Waals surface area contributed by atoms with Crippen LogP contribution in [0.1, 0.15) is 10.4 Å². The van der Waals surface area contributed by atoms with E-state index in [4.69, 9.17) is 0 Å². The van der Waals surface area contributed by atoms with Gasteiger partial charge in [-0.2, -0.15) is 0 Å². The Balaban J connectivity index is 2.28. The zero-order valence-electron chi connectivity index (χ0n) is 9.25. The van der Waals surface area contributed by atoms with E-state index in [2.05, 4.69) is 26.2 Å². The Morgan fingerprint density at radius 3 is 2.32 bits per heavy atom. The van der Waals surface area contributed by atoms with Crippen molar-refractivity contribution in [3.05, 3.63) is 58.0 Å². The number of carbonyl (C=O) groups excluding carboxylic acids is 1. The number of anilines is 1. The Bertz CT molecular complexity index is 608. The molecule has 1 aromatic heterocycles. The standard InChI is InChI=1S/C12H6BrF3N2O/c13-6-1-2-10(17-5-6)18-12(19)11-8(15)3-7(14)4-9(11)16/h1-5H,(H,17,18,19). The highest BCUT2D eigenvalue weighted by Gasteiger charge is 2.19. The molecule has 1 aromatic carbocycles. The molecule has 7 heteroatoms. The molecule has 98 valence electrons. The SMILES string of the molecule is O=C(Nc1ccc(Br)cn1)c1c(F)cc(F)cc1F. The molecular weight excluding hydrogens is 325 g/mol. The van der Waals surface area contributed by atoms with Gasteiger partial charge in [0.05, 0.1) is 0 Å². The summed E-state index contributed by atoms with van der Waals surface area (Å²) in [6.07, 6.45) is 1.41. The molecule has 0 bridgehead atoms. The zero-order valence-corrected chi connectivity index (χ0v) is 10.8. The number of benzene rings is 1. The quantitative estimate of drug-likeness (QED) is 0.915. The summed E-state index contributed by atoms with van der Waals surface area (Å²) in [6.45, 7) is 0. The zero-order chi connectivity index (χ0) is 14.0. The van der Waals surface area contributed by atoms with Crippen LogP contribution in [0.5, 0.6) is 0 Å². The highest BCUT2D eigenvalue weighted by atomic mass is 79.9. The van der Waals surface area contributed by atoms with Gasteiger partial charge < -0.3 is 5.32 Å². The Labute approximate surface area is 114 Å². The van der Waals surface area contributed by atoms with E-state index in [9.17, 15) is 18.0 Å². The topological polar surface area (TPSA) is 42.0 Å². The molecule has 0 fully saturated rings. The monoisotopic (exact) mass is 330 g/mol. The number of nitrogens with zero attached hydrogens (tertiary/aromatic N) is 1. The fraction of sp³-hybridized carbons (Fsp3) is 0. The third-order valence-corrected chi connectivity index (χ3v) is 2.67. The van der Waals surface area contributed by atoms with E-state index in [0.717, 1.165) is 0 Å². The van der Waals surface area contributed by atoms with Gasteiger partial charge in [-0.15, -0.1) is 0 Å². The largest absolute Gasteiger partial charge is 0.306 e. The van der Waals surface area contributed by atoms with Crippen LogP contribution in [-0.2, 0) is 0 Å². The van der Waals surface area contributed by atoms with Crippen LogP contribution in [-0.4, -0.2) is 10.9 Å². The normalized spacial score (nSPS) is 10.3. The first-order valence-electron chi connectivity index (χ1n) is 5.05. The number of hydrogen-bond acceptors (Lipinski definition) is 2. The van der Waals surface area contributed by atoms with Crippen molar-refractivity contribution in [3.63, 3.8) is 0 Å². The molecule has 2 aromatic rings. The van der Waals surface area contributed by atoms with Gasteiger partial charge in [0.1, 0.15) is 28.8 Å². The lowest BCUT2D eigenvalue weighted by atomic mass is 10.2. The van der Waals surface area contributed by atoms with E-state index in [1.807, 2.05) is 0 Å². The molecule has 0 aliphatic rings. The van der Waals surface area contributed by atoms with Gasteiger partial charge >= 0.3 is 0 Å². The summed E-state index contributed by atoms with van der Waals surface area (Å²) < 4.78 is 40.1. The Morgan fingerprint density at radius 2 is 1.79 bits per heavy atom. The predicted octanol–water partition coefficient (Wildman–Crippen LogP) is 3.51. The molecule has 1 amide bonds. The van der Waals surface area contributed by atoms with Crippen LogP contribution in [0.4, 0.5) is 19.0 Å². The fourth-order valence-electron chi connectivity index (χ4n) is 1.39. The number of halogens is 4. The third kappa shape index (κ3) is 3.11. The molecule has 19 heavy (non-hydrogen) atoms. The Morgan fingerprint density at radius 1 is 1.16 bits per heavy atom. The summed E-state index contributed by atoms with van der Waals surface area (Å²) in [7, 11) is 0. The summed E-state index contributed by atoms with van der Waals surface area (Å²) in [5.74, 6) is -4.55. The molecule has 1 heterocycles. The van der Waals surface area contributed by atoms with Gasteiger partial charge in [-0.05, 0) is 28.1 Å². The van der Waals surface area contributed by atoms with Crippen molar-refractivity contribution in [1.82, 2.24) is 4.98 Å². The van der Waals surface area contributed by atoms with Crippen LogP contribution in [0.3, 0.4) is 0 Å². The molecule has 0 aliphatic carbocycles. The molecule has 0 unspecified atom stereocenters. The molecule has 1 N–H and O–H groups in total. The van der Waals surface area contributed by atoms with Crippen LogP contribution in [0.15, 0.2) is 34.9 Å². The number of carbonyl (C=O) groups is 1. The molecule has 0 atom stereocenters. The van der Waals surface area contributed by atoms with Gasteiger partial charge in [0.15, 0.2) is 0 Å². The maximum Gasteiger partial charge on any atom is 0.262 e. The van der Waals surface area contributed by atoms with Crippen molar-refractivity contribution in [2.45, 2.75) is 0 Å². The van der Waals surface area contributed by atoms with Crippen LogP contribution in [0.2, 0.25) is 0 Å². The van der Waals surface area contributed by atoms with E-state index >= 15 is 0 Å². The minimum absolute atomic E-state index is 0.122. The number of hydrogen-bond donors (Lipinski definition) is 1. The Hall–Kier alpha value is -1.89. The first-order chi connectivity index (χ1) is 8.97. The number of aromatic nitrogens is 1. The van der Waals surface area contributed by atoms with E-state index in [1.165, 1.54) is 12.3 Å². The number of pyridine rings is 1. The van der Waals surface area contributed by atoms with Gasteiger partial charge in [-0.3, -0.25) is 4.79 Å². The molecule has 3 nitrogen and oxygen atoms in total. The maximum absolute atomic E-state index is 13.4. The average Bonchev–Trinajstić information content (AvgIpc) is 2.30. The molecule has 0 aliphatic heterocycles. The predicted molar refractivity (Wildman–Crippen MR) is 66.2 cm³/mol. The summed E-state index contributed by atoms with van der Waals surface area (Å²) in [6, 6.07) is 3.92. The maximum atomic E-state index is 13.4. The van der Waals surface area contributed by atoms with Gasteiger partial charge in [0, 0.05) is 22.8 Å². The smallest absolute Gasteiger partial charge is 0.262 e. The highest BCUT2D eigenvalue weighted by molar-refractivity contribution is 9.10. The van der Waals surface area contributed by atoms with Gasteiger partial charge in [-0.25, -0.2) is 18.2 Å². The van der Waals surface area contributed by atoms with E-state index < -0.39 is 28.9 Å². The molecule has 0 spiro atoms. The van der Waals surface area contributed by atoms with Crippen molar-refractivity contribution in [3.8, 4) is 0 Å². The number of nitrogens with one attached hydrogen (secondary N) is 1. The second-order valence-electron chi connectivity index (χ2n) is 3.56. The van der Waals surface area contributed by atoms with Crippen molar-refractivity contribution in [1.29, 1.82) is 0 Å². The van der Waals surface area contributed by atoms with E-state index in [0.29, 0.717) is 16.6 Å². The summed E-state index contributed by atoms with van der Waals surface area (Å²) >= 11 is 3.15. The Kier molecular flexibility index (Phi) is 3.84. The molecule has 2 rings (SSSR count). The third-order valence-electron chi connectivity index (χ3n) is 2.20. The van der Waals surface area contributed by atoms with Crippen LogP contribution in [0, 0.1) is 17.5 Å². The van der Waals surface area contributed by atoms with Crippen molar-refractivity contribution >= 4 is 27.7 Å². The minimum atomic E-state index is -1.27. The highest BCUT2D eigenvalue weighted by Crippen LogP contribution is 2.17. The van der Waals surface area contributed by atoms with Crippen LogP contribution < -0.4 is 5.32 Å². The van der Waals surface area contributed by atoms with Crippen LogP contribution in [0.25, 0.3) is 0 Å². The number of amides is 1. The summed E-state index contributed by atoms with van der Waals surface area (Å²) in [5, 5.41) is 2.21. The van der Waals surface area contributed by atoms with Crippen molar-refractivity contribution < 1.29 is 18.0 Å². The van der Waals surface area contributed by atoms with E-state index in [-0.39, 0.29) is 5.82 Å². The van der Waals surface area contributed by atoms with Gasteiger partial charge in [0.2, 0.25) is 0 Å².